The van der Waals surface area contributed by atoms with Crippen LogP contribution < -0.4 is 0 Å². The SMILES string of the molecule is O=C1OC([C@H](O)c2cccnc2)c2ccccc21. The van der Waals surface area contributed by atoms with Gasteiger partial charge in [0.15, 0.2) is 6.10 Å². The zero-order chi connectivity index (χ0) is 12.5. The molecule has 0 aliphatic carbocycles. The van der Waals surface area contributed by atoms with E-state index in [4.69, 9.17) is 4.74 Å². The fourth-order valence-corrected chi connectivity index (χ4v) is 2.13. The van der Waals surface area contributed by atoms with Crippen molar-refractivity contribution in [3.8, 4) is 0 Å². The van der Waals surface area contributed by atoms with E-state index >= 15 is 0 Å². The molecule has 0 fully saturated rings. The first kappa shape index (κ1) is 10.9. The van der Waals surface area contributed by atoms with Gasteiger partial charge in [0.1, 0.15) is 6.10 Å². The summed E-state index contributed by atoms with van der Waals surface area (Å²) in [6.07, 6.45) is 1.65. The number of hydrogen-bond acceptors (Lipinski definition) is 4. The van der Waals surface area contributed by atoms with E-state index in [0.717, 1.165) is 5.56 Å². The second-order valence-corrected chi connectivity index (χ2v) is 4.14. The Morgan fingerprint density at radius 3 is 2.83 bits per heavy atom. The van der Waals surface area contributed by atoms with Gasteiger partial charge in [0.05, 0.1) is 5.56 Å². The molecule has 0 radical (unpaired) electrons. The molecule has 2 atom stereocenters. The number of aliphatic hydroxyl groups excluding tert-OH is 1. The van der Waals surface area contributed by atoms with Gasteiger partial charge in [-0.05, 0) is 12.1 Å². The predicted octanol–water partition coefficient (Wildman–Crippen LogP) is 2.03. The fourth-order valence-electron chi connectivity index (χ4n) is 2.13. The Morgan fingerprint density at radius 1 is 1.22 bits per heavy atom. The second kappa shape index (κ2) is 4.23. The maximum Gasteiger partial charge on any atom is 0.339 e. The average Bonchev–Trinajstić information content (AvgIpc) is 2.77. The first-order valence-corrected chi connectivity index (χ1v) is 5.65. The summed E-state index contributed by atoms with van der Waals surface area (Å²) < 4.78 is 5.23. The Kier molecular flexibility index (Phi) is 2.57. The molecule has 1 aromatic carbocycles. The number of nitrogens with zero attached hydrogens (tertiary/aromatic N) is 1. The summed E-state index contributed by atoms with van der Waals surface area (Å²) in [5.74, 6) is -0.390. The number of esters is 1. The van der Waals surface area contributed by atoms with Crippen molar-refractivity contribution in [2.24, 2.45) is 0 Å². The predicted molar refractivity (Wildman–Crippen MR) is 63.8 cm³/mol. The van der Waals surface area contributed by atoms with Crippen molar-refractivity contribution in [1.29, 1.82) is 0 Å². The molecule has 1 N–H and O–H groups in total. The minimum atomic E-state index is -0.897. The maximum atomic E-state index is 11.7. The molecule has 1 aromatic heterocycles. The molecule has 2 aromatic rings. The van der Waals surface area contributed by atoms with Crippen LogP contribution in [0.4, 0.5) is 0 Å². The fraction of sp³-hybridized carbons (Fsp3) is 0.143. The Labute approximate surface area is 104 Å². The van der Waals surface area contributed by atoms with E-state index in [1.807, 2.05) is 6.07 Å². The number of benzene rings is 1. The number of carbonyl (C=O) groups excluding carboxylic acids is 1. The summed E-state index contributed by atoms with van der Waals surface area (Å²) in [5.41, 5.74) is 1.87. The Bertz CT molecular complexity index is 583. The van der Waals surface area contributed by atoms with Gasteiger partial charge in [-0.25, -0.2) is 4.79 Å². The Balaban J connectivity index is 1.98. The van der Waals surface area contributed by atoms with Crippen molar-refractivity contribution in [3.63, 3.8) is 0 Å². The molecule has 2 heterocycles. The monoisotopic (exact) mass is 241 g/mol. The molecule has 1 unspecified atom stereocenters. The van der Waals surface area contributed by atoms with Crippen LogP contribution in [-0.4, -0.2) is 16.1 Å². The molecular formula is C14H11NO3. The number of hydrogen-bond donors (Lipinski definition) is 1. The minimum Gasteiger partial charge on any atom is -0.451 e. The van der Waals surface area contributed by atoms with Crippen LogP contribution >= 0.6 is 0 Å². The number of carbonyl (C=O) groups is 1. The van der Waals surface area contributed by atoms with Crippen LogP contribution in [0.15, 0.2) is 48.8 Å². The average molecular weight is 241 g/mol. The third-order valence-corrected chi connectivity index (χ3v) is 3.03. The lowest BCUT2D eigenvalue weighted by molar-refractivity contribution is -0.0103. The topological polar surface area (TPSA) is 59.4 Å². The molecule has 4 heteroatoms. The summed E-state index contributed by atoms with van der Waals surface area (Å²) in [6, 6.07) is 10.6. The molecule has 0 spiro atoms. The summed E-state index contributed by atoms with van der Waals surface area (Å²) in [5, 5.41) is 10.3. The third-order valence-electron chi connectivity index (χ3n) is 3.03. The molecule has 1 aliphatic heterocycles. The van der Waals surface area contributed by atoms with Gasteiger partial charge in [-0.3, -0.25) is 4.98 Å². The second-order valence-electron chi connectivity index (χ2n) is 4.14. The van der Waals surface area contributed by atoms with Gasteiger partial charge < -0.3 is 9.84 Å². The van der Waals surface area contributed by atoms with Gasteiger partial charge in [-0.2, -0.15) is 0 Å². The summed E-state index contributed by atoms with van der Waals surface area (Å²) >= 11 is 0. The third kappa shape index (κ3) is 1.67. The molecule has 0 saturated carbocycles. The zero-order valence-corrected chi connectivity index (χ0v) is 9.48. The highest BCUT2D eigenvalue weighted by molar-refractivity contribution is 5.94. The molecular weight excluding hydrogens is 230 g/mol. The van der Waals surface area contributed by atoms with E-state index in [2.05, 4.69) is 4.98 Å². The van der Waals surface area contributed by atoms with E-state index in [0.29, 0.717) is 11.1 Å². The van der Waals surface area contributed by atoms with E-state index in [9.17, 15) is 9.90 Å². The maximum absolute atomic E-state index is 11.7. The van der Waals surface area contributed by atoms with Crippen molar-refractivity contribution in [2.75, 3.05) is 0 Å². The lowest BCUT2D eigenvalue weighted by Gasteiger charge is -2.17. The molecule has 90 valence electrons. The van der Waals surface area contributed by atoms with E-state index in [1.54, 1.807) is 42.7 Å². The Morgan fingerprint density at radius 2 is 2.06 bits per heavy atom. The number of rotatable bonds is 2. The van der Waals surface area contributed by atoms with Crippen LogP contribution in [0.1, 0.15) is 33.7 Å². The largest absolute Gasteiger partial charge is 0.451 e. The van der Waals surface area contributed by atoms with Crippen LogP contribution in [0.2, 0.25) is 0 Å². The van der Waals surface area contributed by atoms with E-state index < -0.39 is 18.2 Å². The quantitative estimate of drug-likeness (QED) is 0.817. The number of aliphatic hydroxyl groups is 1. The van der Waals surface area contributed by atoms with Crippen LogP contribution in [0.5, 0.6) is 0 Å². The normalized spacial score (nSPS) is 19.2. The highest BCUT2D eigenvalue weighted by Crippen LogP contribution is 2.38. The lowest BCUT2D eigenvalue weighted by Crippen LogP contribution is -2.11. The van der Waals surface area contributed by atoms with E-state index in [-0.39, 0.29) is 0 Å². The smallest absolute Gasteiger partial charge is 0.339 e. The summed E-state index contributed by atoms with van der Waals surface area (Å²) in [4.78, 5) is 15.6. The van der Waals surface area contributed by atoms with Crippen LogP contribution in [0.3, 0.4) is 0 Å². The summed E-state index contributed by atoms with van der Waals surface area (Å²) in [6.45, 7) is 0. The minimum absolute atomic E-state index is 0.390. The van der Waals surface area contributed by atoms with Gasteiger partial charge >= 0.3 is 5.97 Å². The van der Waals surface area contributed by atoms with Gasteiger partial charge in [0, 0.05) is 23.5 Å². The molecule has 0 saturated heterocycles. The Hall–Kier alpha value is -2.20. The number of aromatic nitrogens is 1. The van der Waals surface area contributed by atoms with Gasteiger partial charge in [0.2, 0.25) is 0 Å². The molecule has 3 rings (SSSR count). The summed E-state index contributed by atoms with van der Waals surface area (Å²) in [7, 11) is 0. The molecule has 0 bridgehead atoms. The van der Waals surface area contributed by atoms with Crippen molar-refractivity contribution in [2.45, 2.75) is 12.2 Å². The van der Waals surface area contributed by atoms with Gasteiger partial charge in [-0.1, -0.05) is 24.3 Å². The van der Waals surface area contributed by atoms with Crippen molar-refractivity contribution in [3.05, 3.63) is 65.5 Å². The molecule has 0 amide bonds. The van der Waals surface area contributed by atoms with Crippen LogP contribution in [0, 0.1) is 0 Å². The number of fused-ring (bicyclic) bond motifs is 1. The van der Waals surface area contributed by atoms with Crippen molar-refractivity contribution >= 4 is 5.97 Å². The van der Waals surface area contributed by atoms with E-state index in [1.165, 1.54) is 0 Å². The molecule has 1 aliphatic rings. The highest BCUT2D eigenvalue weighted by Gasteiger charge is 2.36. The van der Waals surface area contributed by atoms with Gasteiger partial charge in [-0.15, -0.1) is 0 Å². The number of pyridine rings is 1. The molecule has 18 heavy (non-hydrogen) atoms. The number of cyclic esters (lactones) is 1. The van der Waals surface area contributed by atoms with Crippen molar-refractivity contribution < 1.29 is 14.6 Å². The first-order valence-electron chi connectivity index (χ1n) is 5.65. The standard InChI is InChI=1S/C14H11NO3/c16-12(9-4-3-7-15-8-9)13-10-5-1-2-6-11(10)14(17)18-13/h1-8,12-13,16H/t12-,13?/m1/s1. The zero-order valence-electron chi connectivity index (χ0n) is 9.48. The molecule has 4 nitrogen and oxygen atoms in total. The van der Waals surface area contributed by atoms with Crippen LogP contribution in [-0.2, 0) is 4.74 Å². The van der Waals surface area contributed by atoms with Crippen LogP contribution in [0.25, 0.3) is 0 Å². The van der Waals surface area contributed by atoms with Crippen molar-refractivity contribution in [1.82, 2.24) is 4.98 Å². The number of ether oxygens (including phenoxy) is 1. The first-order chi connectivity index (χ1) is 8.77. The lowest BCUT2D eigenvalue weighted by atomic mass is 9.98. The highest BCUT2D eigenvalue weighted by atomic mass is 16.6. The van der Waals surface area contributed by atoms with Gasteiger partial charge in [0.25, 0.3) is 0 Å².